The number of hydrogen-bond donors (Lipinski definition) is 1. The molecule has 0 aliphatic rings. The molecule has 0 saturated heterocycles. The van der Waals surface area contributed by atoms with Crippen LogP contribution in [0, 0.1) is 6.92 Å². The molecule has 2 aromatic heterocycles. The molecular weight excluding hydrogens is 270 g/mol. The van der Waals surface area contributed by atoms with E-state index in [2.05, 4.69) is 54.0 Å². The van der Waals surface area contributed by atoms with Crippen molar-refractivity contribution in [2.75, 3.05) is 7.05 Å². The lowest BCUT2D eigenvalue weighted by molar-refractivity contribution is 0.602. The van der Waals surface area contributed by atoms with Gasteiger partial charge < -0.3 is 5.32 Å². The number of nitrogens with one attached hydrogen (secondary N) is 1. The Hall–Kier alpha value is -1.16. The van der Waals surface area contributed by atoms with E-state index in [1.54, 1.807) is 0 Å². The first kappa shape index (κ1) is 12.9. The molecule has 2 heterocycles. The highest BCUT2D eigenvalue weighted by atomic mass is 32.1. The third-order valence-electron chi connectivity index (χ3n) is 3.37. The summed E-state index contributed by atoms with van der Waals surface area (Å²) in [5.41, 5.74) is 2.73. The second-order valence-corrected chi connectivity index (χ2v) is 6.90. The fourth-order valence-corrected chi connectivity index (χ4v) is 4.61. The zero-order valence-electron chi connectivity index (χ0n) is 11.1. The topological polar surface area (TPSA) is 12.0 Å². The molecule has 3 rings (SSSR count). The van der Waals surface area contributed by atoms with Gasteiger partial charge in [-0.2, -0.15) is 0 Å². The van der Waals surface area contributed by atoms with Crippen molar-refractivity contribution in [1.82, 2.24) is 5.32 Å². The Labute approximate surface area is 121 Å². The molecule has 1 aromatic carbocycles. The number of fused-ring (bicyclic) bond motifs is 1. The van der Waals surface area contributed by atoms with Crippen LogP contribution in [-0.4, -0.2) is 7.05 Å². The maximum Gasteiger partial charge on any atom is 0.0454 e. The summed E-state index contributed by atoms with van der Waals surface area (Å²) in [5, 5.41) is 5.62. The van der Waals surface area contributed by atoms with Gasteiger partial charge in [0.25, 0.3) is 0 Å². The van der Waals surface area contributed by atoms with Crippen LogP contribution in [0.1, 0.15) is 22.0 Å². The number of benzene rings is 1. The summed E-state index contributed by atoms with van der Waals surface area (Å²) in [7, 11) is 2.05. The van der Waals surface area contributed by atoms with Crippen molar-refractivity contribution in [3.63, 3.8) is 0 Å². The van der Waals surface area contributed by atoms with Gasteiger partial charge >= 0.3 is 0 Å². The van der Waals surface area contributed by atoms with E-state index >= 15 is 0 Å². The fraction of sp³-hybridized carbons (Fsp3) is 0.250. The predicted molar refractivity (Wildman–Crippen MR) is 86.4 cm³/mol. The van der Waals surface area contributed by atoms with E-state index in [0.717, 1.165) is 6.42 Å². The van der Waals surface area contributed by atoms with Crippen LogP contribution in [0.15, 0.2) is 41.8 Å². The molecule has 98 valence electrons. The summed E-state index contributed by atoms with van der Waals surface area (Å²) < 4.78 is 2.81. The summed E-state index contributed by atoms with van der Waals surface area (Å²) in [6.45, 7) is 2.15. The molecule has 0 amide bonds. The zero-order chi connectivity index (χ0) is 13.2. The monoisotopic (exact) mass is 287 g/mol. The van der Waals surface area contributed by atoms with Gasteiger partial charge in [-0.25, -0.2) is 0 Å². The zero-order valence-corrected chi connectivity index (χ0v) is 12.8. The SMILES string of the molecule is CNC(Cc1cccc(C)c1)c1cc2sccc2s1. The number of likely N-dealkylation sites (N-methyl/N-ethyl adjacent to an activating group) is 1. The van der Waals surface area contributed by atoms with Crippen molar-refractivity contribution in [1.29, 1.82) is 0 Å². The summed E-state index contributed by atoms with van der Waals surface area (Å²) in [6, 6.07) is 13.7. The van der Waals surface area contributed by atoms with Gasteiger partial charge in [0.1, 0.15) is 0 Å². The standard InChI is InChI=1S/C16H17NS2/c1-11-4-3-5-12(8-11)9-13(17-2)15-10-16-14(19-15)6-7-18-16/h3-8,10,13,17H,9H2,1-2H3. The van der Waals surface area contributed by atoms with Crippen LogP contribution in [0.5, 0.6) is 0 Å². The number of thiophene rings is 2. The number of hydrogen-bond acceptors (Lipinski definition) is 3. The van der Waals surface area contributed by atoms with Gasteiger partial charge in [0.2, 0.25) is 0 Å². The molecule has 19 heavy (non-hydrogen) atoms. The van der Waals surface area contributed by atoms with Gasteiger partial charge in [-0.05, 0) is 43.5 Å². The molecule has 0 fully saturated rings. The first-order chi connectivity index (χ1) is 9.26. The van der Waals surface area contributed by atoms with Crippen molar-refractivity contribution >= 4 is 32.1 Å². The van der Waals surface area contributed by atoms with Gasteiger partial charge in [0.15, 0.2) is 0 Å². The summed E-state index contributed by atoms with van der Waals surface area (Å²) in [6.07, 6.45) is 1.05. The van der Waals surface area contributed by atoms with E-state index < -0.39 is 0 Å². The molecule has 0 spiro atoms. The second kappa shape index (κ2) is 5.45. The highest BCUT2D eigenvalue weighted by Gasteiger charge is 2.14. The second-order valence-electron chi connectivity index (χ2n) is 4.83. The van der Waals surface area contributed by atoms with Crippen LogP contribution in [0.2, 0.25) is 0 Å². The Morgan fingerprint density at radius 2 is 2.05 bits per heavy atom. The normalized spacial score (nSPS) is 12.9. The number of aryl methyl sites for hydroxylation is 1. The first-order valence-corrected chi connectivity index (χ1v) is 8.15. The highest BCUT2D eigenvalue weighted by Crippen LogP contribution is 2.34. The van der Waals surface area contributed by atoms with Gasteiger partial charge in [0.05, 0.1) is 0 Å². The summed E-state index contributed by atoms with van der Waals surface area (Å²) in [4.78, 5) is 1.44. The van der Waals surface area contributed by atoms with Crippen LogP contribution in [-0.2, 0) is 6.42 Å². The number of rotatable bonds is 4. The quantitative estimate of drug-likeness (QED) is 0.728. The molecule has 0 aliphatic heterocycles. The van der Waals surface area contributed by atoms with Crippen LogP contribution in [0.25, 0.3) is 9.40 Å². The minimum Gasteiger partial charge on any atom is -0.312 e. The summed E-state index contributed by atoms with van der Waals surface area (Å²) >= 11 is 3.74. The Balaban J connectivity index is 1.86. The molecule has 3 aromatic rings. The third kappa shape index (κ3) is 2.73. The molecule has 1 unspecified atom stereocenters. The van der Waals surface area contributed by atoms with Crippen LogP contribution in [0.4, 0.5) is 0 Å². The summed E-state index contributed by atoms with van der Waals surface area (Å²) in [5.74, 6) is 0. The Morgan fingerprint density at radius 1 is 1.16 bits per heavy atom. The average molecular weight is 287 g/mol. The van der Waals surface area contributed by atoms with Crippen LogP contribution >= 0.6 is 22.7 Å². The maximum atomic E-state index is 3.45. The average Bonchev–Trinajstić information content (AvgIpc) is 2.96. The Morgan fingerprint density at radius 3 is 2.79 bits per heavy atom. The third-order valence-corrected chi connectivity index (χ3v) is 5.58. The van der Waals surface area contributed by atoms with Crippen molar-refractivity contribution in [2.24, 2.45) is 0 Å². The van der Waals surface area contributed by atoms with Gasteiger partial charge in [-0.1, -0.05) is 29.8 Å². The van der Waals surface area contributed by atoms with E-state index in [1.807, 2.05) is 29.7 Å². The Kier molecular flexibility index (Phi) is 3.69. The lowest BCUT2D eigenvalue weighted by Crippen LogP contribution is -2.17. The van der Waals surface area contributed by atoms with Crippen molar-refractivity contribution in [2.45, 2.75) is 19.4 Å². The van der Waals surface area contributed by atoms with Crippen molar-refractivity contribution < 1.29 is 0 Å². The van der Waals surface area contributed by atoms with Gasteiger partial charge in [0, 0.05) is 20.3 Å². The molecule has 0 aliphatic carbocycles. The molecule has 1 N–H and O–H groups in total. The minimum atomic E-state index is 0.409. The molecular formula is C16H17NS2. The van der Waals surface area contributed by atoms with Gasteiger partial charge in [-0.15, -0.1) is 22.7 Å². The van der Waals surface area contributed by atoms with E-state index in [9.17, 15) is 0 Å². The van der Waals surface area contributed by atoms with Gasteiger partial charge in [-0.3, -0.25) is 0 Å². The van der Waals surface area contributed by atoms with E-state index in [-0.39, 0.29) is 0 Å². The van der Waals surface area contributed by atoms with E-state index in [4.69, 9.17) is 0 Å². The molecule has 1 atom stereocenters. The smallest absolute Gasteiger partial charge is 0.0454 e. The Bertz CT molecular complexity index is 652. The van der Waals surface area contributed by atoms with Crippen LogP contribution < -0.4 is 5.32 Å². The predicted octanol–water partition coefficient (Wildman–Crippen LogP) is 4.77. The van der Waals surface area contributed by atoms with Crippen molar-refractivity contribution in [3.8, 4) is 0 Å². The maximum absolute atomic E-state index is 3.45. The minimum absolute atomic E-state index is 0.409. The van der Waals surface area contributed by atoms with E-state index in [0.29, 0.717) is 6.04 Å². The molecule has 0 saturated carbocycles. The van der Waals surface area contributed by atoms with E-state index in [1.165, 1.54) is 25.4 Å². The largest absolute Gasteiger partial charge is 0.312 e. The first-order valence-electron chi connectivity index (χ1n) is 6.46. The molecule has 0 bridgehead atoms. The molecule has 1 nitrogen and oxygen atoms in total. The van der Waals surface area contributed by atoms with Crippen LogP contribution in [0.3, 0.4) is 0 Å². The highest BCUT2D eigenvalue weighted by molar-refractivity contribution is 7.26. The lowest BCUT2D eigenvalue weighted by Gasteiger charge is -2.14. The molecule has 0 radical (unpaired) electrons. The molecule has 3 heteroatoms. The lowest BCUT2D eigenvalue weighted by atomic mass is 10.0. The fourth-order valence-electron chi connectivity index (χ4n) is 2.38. The van der Waals surface area contributed by atoms with Crippen molar-refractivity contribution in [3.05, 3.63) is 57.8 Å².